The number of nitrogens with zero attached hydrogens (tertiary/aromatic N) is 2. The fourth-order valence-corrected chi connectivity index (χ4v) is 4.15. The van der Waals surface area contributed by atoms with Crippen molar-refractivity contribution < 1.29 is 32.2 Å². The molecule has 2 atom stereocenters. The average Bonchev–Trinajstić information content (AvgIpc) is 3.49. The molecule has 0 bridgehead atoms. The molecular weight excluding hydrogens is 422 g/mol. The van der Waals surface area contributed by atoms with E-state index in [1.807, 2.05) is 0 Å². The van der Waals surface area contributed by atoms with E-state index in [1.165, 1.54) is 16.6 Å². The van der Waals surface area contributed by atoms with Crippen molar-refractivity contribution in [3.8, 4) is 5.75 Å². The molecule has 1 aromatic carbocycles. The van der Waals surface area contributed by atoms with E-state index in [2.05, 4.69) is 5.32 Å². The third-order valence-electron chi connectivity index (χ3n) is 5.87. The lowest BCUT2D eigenvalue weighted by Crippen LogP contribution is -2.63. The number of rotatable bonds is 6. The Labute approximate surface area is 174 Å². The van der Waals surface area contributed by atoms with Gasteiger partial charge in [-0.2, -0.15) is 0 Å². The van der Waals surface area contributed by atoms with E-state index in [-0.39, 0.29) is 48.4 Å². The summed E-state index contributed by atoms with van der Waals surface area (Å²) in [6, 6.07) is 0.148. The number of benzene rings is 1. The van der Waals surface area contributed by atoms with Crippen LogP contribution in [0.1, 0.15) is 22.8 Å². The quantitative estimate of drug-likeness (QED) is 0.667. The Kier molecular flexibility index (Phi) is 5.32. The summed E-state index contributed by atoms with van der Waals surface area (Å²) in [6.45, 7) is -1.86. The molecule has 2 N–H and O–H groups in total. The van der Waals surface area contributed by atoms with Gasteiger partial charge in [-0.15, -0.1) is 0 Å². The van der Waals surface area contributed by atoms with Gasteiger partial charge in [-0.1, -0.05) is 0 Å². The number of alkyl halides is 3. The van der Waals surface area contributed by atoms with Crippen LogP contribution < -0.4 is 20.4 Å². The lowest BCUT2D eigenvalue weighted by Gasteiger charge is -2.42. The number of carboxylic acid groups (broad SMARTS) is 1. The van der Waals surface area contributed by atoms with Crippen LogP contribution in [0.15, 0.2) is 17.1 Å². The second-order valence-corrected chi connectivity index (χ2v) is 7.94. The van der Waals surface area contributed by atoms with Gasteiger partial charge in [-0.25, -0.2) is 22.4 Å². The highest BCUT2D eigenvalue weighted by Crippen LogP contribution is 2.45. The normalized spacial score (nSPS) is 22.5. The maximum atomic E-state index is 15.3. The number of hydrogen-bond acceptors (Lipinski definition) is 5. The fourth-order valence-electron chi connectivity index (χ4n) is 4.15. The van der Waals surface area contributed by atoms with Crippen molar-refractivity contribution in [2.24, 2.45) is 0 Å². The number of carboxylic acids is 1. The first-order valence-electron chi connectivity index (χ1n) is 9.71. The lowest BCUT2D eigenvalue weighted by molar-refractivity contribution is 0.0694. The van der Waals surface area contributed by atoms with E-state index < -0.39 is 53.9 Å². The lowest BCUT2D eigenvalue weighted by atomic mass is 9.98. The molecule has 0 radical (unpaired) electrons. The fraction of sp³-hybridized carbons (Fsp3) is 0.500. The number of aromatic nitrogens is 1. The number of hydrogen-bond donors (Lipinski definition) is 2. The van der Waals surface area contributed by atoms with Crippen LogP contribution in [0.25, 0.3) is 10.9 Å². The zero-order chi connectivity index (χ0) is 22.5. The summed E-state index contributed by atoms with van der Waals surface area (Å²) in [6.07, 6.45) is -0.115. The van der Waals surface area contributed by atoms with Crippen molar-refractivity contribution in [1.82, 2.24) is 9.88 Å². The van der Waals surface area contributed by atoms with E-state index in [1.54, 1.807) is 0 Å². The number of fused-ring (bicyclic) bond motifs is 1. The van der Waals surface area contributed by atoms with Crippen molar-refractivity contribution in [2.75, 3.05) is 45.0 Å². The van der Waals surface area contributed by atoms with Crippen LogP contribution in [0, 0.1) is 5.82 Å². The van der Waals surface area contributed by atoms with E-state index >= 15 is 4.39 Å². The maximum absolute atomic E-state index is 15.3. The summed E-state index contributed by atoms with van der Waals surface area (Å²) in [7, 11) is 1.23. The molecule has 0 unspecified atom stereocenters. The number of pyridine rings is 1. The summed E-state index contributed by atoms with van der Waals surface area (Å²) in [4.78, 5) is 25.7. The minimum atomic E-state index is -1.52. The Hall–Kier alpha value is -2.82. The van der Waals surface area contributed by atoms with Crippen molar-refractivity contribution >= 4 is 22.6 Å². The second kappa shape index (κ2) is 7.70. The summed E-state index contributed by atoms with van der Waals surface area (Å²) in [5.74, 6) is -2.54. The highest BCUT2D eigenvalue weighted by molar-refractivity contribution is 5.97. The number of piperazine rings is 1. The minimum absolute atomic E-state index is 0.0451. The first-order chi connectivity index (χ1) is 14.8. The van der Waals surface area contributed by atoms with Crippen LogP contribution in [0.3, 0.4) is 0 Å². The van der Waals surface area contributed by atoms with Gasteiger partial charge in [-0.05, 0) is 6.07 Å². The predicted octanol–water partition coefficient (Wildman–Crippen LogP) is 2.22. The number of carbonyl (C=O) groups is 1. The first-order valence-corrected chi connectivity index (χ1v) is 9.71. The molecule has 0 spiro atoms. The molecule has 11 heteroatoms. The van der Waals surface area contributed by atoms with Gasteiger partial charge < -0.3 is 24.6 Å². The molecule has 2 heterocycles. The van der Waals surface area contributed by atoms with E-state index in [4.69, 9.17) is 4.74 Å². The molecule has 2 aromatic rings. The topological polar surface area (TPSA) is 83.8 Å². The van der Waals surface area contributed by atoms with Gasteiger partial charge in [-0.3, -0.25) is 4.79 Å². The van der Waals surface area contributed by atoms with Gasteiger partial charge in [0.2, 0.25) is 5.43 Å². The molecule has 168 valence electrons. The van der Waals surface area contributed by atoms with Crippen molar-refractivity contribution in [3.05, 3.63) is 33.9 Å². The summed E-state index contributed by atoms with van der Waals surface area (Å²) < 4.78 is 63.0. The van der Waals surface area contributed by atoms with Crippen LogP contribution in [0.5, 0.6) is 5.75 Å². The molecule has 31 heavy (non-hydrogen) atoms. The van der Waals surface area contributed by atoms with Gasteiger partial charge >= 0.3 is 5.97 Å². The molecule has 1 saturated carbocycles. The molecule has 0 amide bonds. The highest BCUT2D eigenvalue weighted by atomic mass is 19.1. The van der Waals surface area contributed by atoms with Gasteiger partial charge in [0, 0.05) is 32.3 Å². The van der Waals surface area contributed by atoms with Crippen LogP contribution >= 0.6 is 0 Å². The largest absolute Gasteiger partial charge is 0.492 e. The van der Waals surface area contributed by atoms with Crippen molar-refractivity contribution in [3.63, 3.8) is 0 Å². The monoisotopic (exact) mass is 443 g/mol. The number of anilines is 1. The minimum Gasteiger partial charge on any atom is -0.492 e. The Balaban J connectivity index is 1.98. The SMILES string of the molecule is COc1c(N2CCNC(CF)(CF)C2)c(F)cc2c(=O)c(C(=O)O)cn([C@@H]3C[C@@H]3F)c12. The highest BCUT2D eigenvalue weighted by Gasteiger charge is 2.42. The third-order valence-corrected chi connectivity index (χ3v) is 5.87. The third kappa shape index (κ3) is 3.40. The number of aromatic carboxylic acids is 1. The van der Waals surface area contributed by atoms with E-state index in [0.717, 1.165) is 12.3 Å². The Morgan fingerprint density at radius 2 is 2.06 bits per heavy atom. The Bertz CT molecular complexity index is 1100. The first kappa shape index (κ1) is 21.4. The van der Waals surface area contributed by atoms with Gasteiger partial charge in [0.05, 0.1) is 29.6 Å². The van der Waals surface area contributed by atoms with Crippen molar-refractivity contribution in [2.45, 2.75) is 24.2 Å². The smallest absolute Gasteiger partial charge is 0.341 e. The summed E-state index contributed by atoms with van der Waals surface area (Å²) in [5.41, 5.74) is -3.13. The summed E-state index contributed by atoms with van der Waals surface area (Å²) >= 11 is 0. The molecule has 1 aliphatic heterocycles. The molecule has 7 nitrogen and oxygen atoms in total. The number of nitrogens with one attached hydrogen (secondary N) is 1. The molecule has 2 fully saturated rings. The molecule has 2 aliphatic rings. The van der Waals surface area contributed by atoms with Gasteiger partial charge in [0.25, 0.3) is 0 Å². The Morgan fingerprint density at radius 3 is 2.61 bits per heavy atom. The maximum Gasteiger partial charge on any atom is 0.341 e. The van der Waals surface area contributed by atoms with Gasteiger partial charge in [0.1, 0.15) is 30.8 Å². The predicted molar refractivity (Wildman–Crippen MR) is 105 cm³/mol. The standard InChI is InChI=1S/C20H21F4N3O4/c1-31-18-15-10(17(28)11(19(29)30)6-27(15)14-5-12(14)23)4-13(24)16(18)26-3-2-25-20(7-21,8-22)9-26/h4,6,12,14,25H,2-3,5,7-9H2,1H3,(H,29,30)/t12-,14+/m0/s1. The second-order valence-electron chi connectivity index (χ2n) is 7.94. The van der Waals surface area contributed by atoms with Crippen molar-refractivity contribution in [1.29, 1.82) is 0 Å². The van der Waals surface area contributed by atoms with Crippen LogP contribution in [0.4, 0.5) is 23.2 Å². The summed E-state index contributed by atoms with van der Waals surface area (Å²) in [5, 5.41) is 11.9. The molecule has 4 rings (SSSR count). The molecule has 1 aliphatic carbocycles. The molecular formula is C20H21F4N3O4. The molecule has 1 saturated heterocycles. The number of halogens is 4. The number of ether oxygens (including phenoxy) is 1. The zero-order valence-electron chi connectivity index (χ0n) is 16.6. The molecule has 1 aromatic heterocycles. The van der Waals surface area contributed by atoms with E-state index in [0.29, 0.717) is 0 Å². The number of methoxy groups -OCH3 is 1. The van der Waals surface area contributed by atoms with Crippen LogP contribution in [0.2, 0.25) is 0 Å². The Morgan fingerprint density at radius 1 is 1.39 bits per heavy atom. The van der Waals surface area contributed by atoms with Gasteiger partial charge in [0.15, 0.2) is 11.6 Å². The van der Waals surface area contributed by atoms with Crippen LogP contribution in [-0.4, -0.2) is 67.4 Å². The zero-order valence-corrected chi connectivity index (χ0v) is 16.6. The average molecular weight is 443 g/mol. The van der Waals surface area contributed by atoms with Crippen LogP contribution in [-0.2, 0) is 0 Å². The van der Waals surface area contributed by atoms with E-state index in [9.17, 15) is 27.9 Å².